The van der Waals surface area contributed by atoms with Crippen molar-refractivity contribution in [2.24, 2.45) is 0 Å². The van der Waals surface area contributed by atoms with Gasteiger partial charge in [-0.3, -0.25) is 0 Å². The number of benzene rings is 2. The molecule has 0 aliphatic heterocycles. The van der Waals surface area contributed by atoms with Crippen LogP contribution in [0.5, 0.6) is 0 Å². The number of nitriles is 1. The van der Waals surface area contributed by atoms with Crippen molar-refractivity contribution in [1.29, 1.82) is 5.26 Å². The van der Waals surface area contributed by atoms with Gasteiger partial charge in [-0.1, -0.05) is 24.3 Å². The molecule has 2 aromatic carbocycles. The topological polar surface area (TPSA) is 61.8 Å². The molecule has 0 spiro atoms. The number of para-hydroxylation sites is 1. The van der Waals surface area contributed by atoms with E-state index in [1.54, 1.807) is 30.3 Å². The van der Waals surface area contributed by atoms with E-state index in [9.17, 15) is 4.39 Å². The van der Waals surface area contributed by atoms with Crippen LogP contribution in [0.4, 0.5) is 15.8 Å². The summed E-state index contributed by atoms with van der Waals surface area (Å²) in [6.45, 7) is 0.556. The summed E-state index contributed by atoms with van der Waals surface area (Å²) >= 11 is 0. The first-order chi connectivity index (χ1) is 9.22. The number of rotatable bonds is 4. The molecule has 0 saturated carbocycles. The van der Waals surface area contributed by atoms with Gasteiger partial charge in [-0.25, -0.2) is 4.39 Å². The van der Waals surface area contributed by atoms with Crippen molar-refractivity contribution in [3.8, 4) is 6.07 Å². The first kappa shape index (κ1) is 12.9. The molecule has 0 bridgehead atoms. The lowest BCUT2D eigenvalue weighted by atomic mass is 10.1. The average molecular weight is 255 g/mol. The minimum Gasteiger partial charge on any atom is -0.396 e. The SMILES string of the molecule is N#Cc1cccc(NCCc2ccccc2F)c1N. The number of nitrogens with zero attached hydrogens (tertiary/aromatic N) is 1. The van der Waals surface area contributed by atoms with Gasteiger partial charge in [0.25, 0.3) is 0 Å². The highest BCUT2D eigenvalue weighted by Crippen LogP contribution is 2.21. The van der Waals surface area contributed by atoms with Crippen LogP contribution in [0.15, 0.2) is 42.5 Å². The predicted molar refractivity (Wildman–Crippen MR) is 74.2 cm³/mol. The molecule has 0 unspecified atom stereocenters. The van der Waals surface area contributed by atoms with Crippen molar-refractivity contribution in [3.05, 3.63) is 59.4 Å². The van der Waals surface area contributed by atoms with E-state index in [1.165, 1.54) is 6.07 Å². The van der Waals surface area contributed by atoms with Gasteiger partial charge in [0.2, 0.25) is 0 Å². The molecule has 3 nitrogen and oxygen atoms in total. The summed E-state index contributed by atoms with van der Waals surface area (Å²) in [7, 11) is 0. The normalized spacial score (nSPS) is 9.89. The fourth-order valence-electron chi connectivity index (χ4n) is 1.85. The molecule has 0 atom stereocenters. The molecule has 4 heteroatoms. The molecule has 3 N–H and O–H groups in total. The van der Waals surface area contributed by atoms with Crippen molar-refractivity contribution in [2.75, 3.05) is 17.6 Å². The fraction of sp³-hybridized carbons (Fsp3) is 0.133. The number of nitrogen functional groups attached to an aromatic ring is 1. The van der Waals surface area contributed by atoms with Gasteiger partial charge in [0.05, 0.1) is 16.9 Å². The van der Waals surface area contributed by atoms with Gasteiger partial charge in [0.15, 0.2) is 0 Å². The Kier molecular flexibility index (Phi) is 3.99. The van der Waals surface area contributed by atoms with E-state index in [0.717, 1.165) is 0 Å². The fourth-order valence-corrected chi connectivity index (χ4v) is 1.85. The number of hydrogen-bond acceptors (Lipinski definition) is 3. The number of nitrogens with two attached hydrogens (primary N) is 1. The number of hydrogen-bond donors (Lipinski definition) is 2. The standard InChI is InChI=1S/C15H14FN3/c16-13-6-2-1-4-11(13)8-9-19-14-7-3-5-12(10-17)15(14)18/h1-7,19H,8-9,18H2. The summed E-state index contributed by atoms with van der Waals surface area (Å²) in [6.07, 6.45) is 0.558. The van der Waals surface area contributed by atoms with Gasteiger partial charge in [-0.2, -0.15) is 5.26 Å². The van der Waals surface area contributed by atoms with Crippen LogP contribution in [0.3, 0.4) is 0 Å². The van der Waals surface area contributed by atoms with Crippen LogP contribution in [-0.2, 0) is 6.42 Å². The highest BCUT2D eigenvalue weighted by molar-refractivity contribution is 5.72. The van der Waals surface area contributed by atoms with Crippen molar-refractivity contribution in [3.63, 3.8) is 0 Å². The number of anilines is 2. The van der Waals surface area contributed by atoms with Gasteiger partial charge >= 0.3 is 0 Å². The largest absolute Gasteiger partial charge is 0.396 e. The molecule has 0 aliphatic carbocycles. The van der Waals surface area contributed by atoms with Gasteiger partial charge in [0, 0.05) is 6.54 Å². The molecule has 0 aliphatic rings. The van der Waals surface area contributed by atoms with Crippen molar-refractivity contribution < 1.29 is 4.39 Å². The molecule has 0 aromatic heterocycles. The molecule has 0 amide bonds. The number of halogens is 1. The van der Waals surface area contributed by atoms with Crippen LogP contribution < -0.4 is 11.1 Å². The third-order valence-corrected chi connectivity index (χ3v) is 2.89. The quantitative estimate of drug-likeness (QED) is 0.826. The molecule has 19 heavy (non-hydrogen) atoms. The molecular weight excluding hydrogens is 241 g/mol. The molecule has 0 fully saturated rings. The second kappa shape index (κ2) is 5.87. The van der Waals surface area contributed by atoms with E-state index in [0.29, 0.717) is 35.5 Å². The van der Waals surface area contributed by atoms with Gasteiger partial charge < -0.3 is 11.1 Å². The smallest absolute Gasteiger partial charge is 0.126 e. The third-order valence-electron chi connectivity index (χ3n) is 2.89. The molecular formula is C15H14FN3. The average Bonchev–Trinajstić information content (AvgIpc) is 2.43. The van der Waals surface area contributed by atoms with E-state index < -0.39 is 0 Å². The number of nitrogens with one attached hydrogen (secondary N) is 1. The molecule has 0 heterocycles. The zero-order valence-corrected chi connectivity index (χ0v) is 10.4. The molecule has 0 saturated heterocycles. The summed E-state index contributed by atoms with van der Waals surface area (Å²) in [6, 6.07) is 13.9. The first-order valence-corrected chi connectivity index (χ1v) is 5.98. The van der Waals surface area contributed by atoms with Crippen molar-refractivity contribution in [2.45, 2.75) is 6.42 Å². The molecule has 2 aromatic rings. The monoisotopic (exact) mass is 255 g/mol. The van der Waals surface area contributed by atoms with Crippen LogP contribution in [0, 0.1) is 17.1 Å². The summed E-state index contributed by atoms with van der Waals surface area (Å²) < 4.78 is 13.4. The van der Waals surface area contributed by atoms with Crippen LogP contribution in [0.1, 0.15) is 11.1 Å². The third kappa shape index (κ3) is 3.02. The Labute approximate surface area is 111 Å². The first-order valence-electron chi connectivity index (χ1n) is 5.98. The minimum absolute atomic E-state index is 0.206. The van der Waals surface area contributed by atoms with Gasteiger partial charge in [0.1, 0.15) is 11.9 Å². The van der Waals surface area contributed by atoms with Crippen molar-refractivity contribution in [1.82, 2.24) is 0 Å². The van der Waals surface area contributed by atoms with Crippen LogP contribution >= 0.6 is 0 Å². The van der Waals surface area contributed by atoms with E-state index in [-0.39, 0.29) is 5.82 Å². The summed E-state index contributed by atoms with van der Waals surface area (Å²) in [5.41, 5.74) is 8.08. The lowest BCUT2D eigenvalue weighted by molar-refractivity contribution is 0.610. The maximum atomic E-state index is 13.4. The minimum atomic E-state index is -0.206. The molecule has 2 rings (SSSR count). The van der Waals surface area contributed by atoms with Gasteiger partial charge in [-0.15, -0.1) is 0 Å². The zero-order chi connectivity index (χ0) is 13.7. The second-order valence-corrected chi connectivity index (χ2v) is 4.15. The van der Waals surface area contributed by atoms with Crippen LogP contribution in [0.25, 0.3) is 0 Å². The lowest BCUT2D eigenvalue weighted by Crippen LogP contribution is -2.08. The van der Waals surface area contributed by atoms with E-state index >= 15 is 0 Å². The maximum Gasteiger partial charge on any atom is 0.126 e. The Morgan fingerprint density at radius 1 is 1.16 bits per heavy atom. The summed E-state index contributed by atoms with van der Waals surface area (Å²) in [4.78, 5) is 0. The van der Waals surface area contributed by atoms with Crippen LogP contribution in [-0.4, -0.2) is 6.54 Å². The Balaban J connectivity index is 2.01. The Morgan fingerprint density at radius 3 is 2.68 bits per heavy atom. The highest BCUT2D eigenvalue weighted by atomic mass is 19.1. The van der Waals surface area contributed by atoms with Gasteiger partial charge in [-0.05, 0) is 30.2 Å². The Bertz CT molecular complexity index is 617. The molecule has 96 valence electrons. The maximum absolute atomic E-state index is 13.4. The van der Waals surface area contributed by atoms with E-state index in [4.69, 9.17) is 11.0 Å². The van der Waals surface area contributed by atoms with E-state index in [2.05, 4.69) is 5.32 Å². The summed E-state index contributed by atoms with van der Waals surface area (Å²) in [5.74, 6) is -0.206. The second-order valence-electron chi connectivity index (χ2n) is 4.15. The zero-order valence-electron chi connectivity index (χ0n) is 10.4. The van der Waals surface area contributed by atoms with Crippen LogP contribution in [0.2, 0.25) is 0 Å². The highest BCUT2D eigenvalue weighted by Gasteiger charge is 2.04. The Hall–Kier alpha value is -2.54. The summed E-state index contributed by atoms with van der Waals surface area (Å²) in [5, 5.41) is 12.0. The predicted octanol–water partition coefficient (Wildman–Crippen LogP) is 2.93. The Morgan fingerprint density at radius 2 is 1.95 bits per heavy atom. The van der Waals surface area contributed by atoms with E-state index in [1.807, 2.05) is 12.1 Å². The van der Waals surface area contributed by atoms with Crippen molar-refractivity contribution >= 4 is 11.4 Å². The molecule has 0 radical (unpaired) electrons. The lowest BCUT2D eigenvalue weighted by Gasteiger charge is -2.10.